The Morgan fingerprint density at radius 3 is 2.79 bits per heavy atom. The molecule has 24 heavy (non-hydrogen) atoms. The Labute approximate surface area is 142 Å². The Kier molecular flexibility index (Phi) is 4.89. The maximum absolute atomic E-state index is 12.2. The number of hydrogen-bond donors (Lipinski definition) is 1. The second-order valence-electron chi connectivity index (χ2n) is 6.69. The molecule has 3 rings (SSSR count). The van der Waals surface area contributed by atoms with E-state index in [1.165, 1.54) is 4.68 Å². The van der Waals surface area contributed by atoms with E-state index in [0.29, 0.717) is 12.5 Å². The molecule has 7 heteroatoms. The van der Waals surface area contributed by atoms with Gasteiger partial charge in [0.15, 0.2) is 0 Å². The highest BCUT2D eigenvalue weighted by Gasteiger charge is 2.27. The predicted molar refractivity (Wildman–Crippen MR) is 93.1 cm³/mol. The SMILES string of the molecule is CCc1nc(CN2CCC[C@@H](c3nn(C)c(=O)n3CC)C2)c(C)[nH]1. The Balaban J connectivity index is 1.76. The molecule has 1 fully saturated rings. The van der Waals surface area contributed by atoms with E-state index in [-0.39, 0.29) is 5.69 Å². The van der Waals surface area contributed by atoms with Crippen LogP contribution >= 0.6 is 0 Å². The van der Waals surface area contributed by atoms with Gasteiger partial charge in [0, 0.05) is 44.7 Å². The highest BCUT2D eigenvalue weighted by Crippen LogP contribution is 2.26. The third-order valence-corrected chi connectivity index (χ3v) is 4.97. The van der Waals surface area contributed by atoms with Crippen molar-refractivity contribution in [2.45, 2.75) is 59.0 Å². The van der Waals surface area contributed by atoms with Crippen molar-refractivity contribution in [2.24, 2.45) is 7.05 Å². The van der Waals surface area contributed by atoms with Gasteiger partial charge in [-0.2, -0.15) is 5.10 Å². The standard InChI is InChI=1S/C17H28N6O/c1-5-15-18-12(3)14(19-15)11-22-9-7-8-13(10-22)16-20-21(4)17(24)23(16)6-2/h13H,5-11H2,1-4H3,(H,18,19)/t13-/m1/s1. The normalized spacial score (nSPS) is 19.1. The molecule has 2 aromatic rings. The van der Waals surface area contributed by atoms with Crippen molar-refractivity contribution in [1.82, 2.24) is 29.2 Å². The van der Waals surface area contributed by atoms with E-state index < -0.39 is 0 Å². The number of rotatable bonds is 5. The Hall–Kier alpha value is -1.89. The summed E-state index contributed by atoms with van der Waals surface area (Å²) in [6, 6.07) is 0. The topological polar surface area (TPSA) is 71.7 Å². The van der Waals surface area contributed by atoms with Gasteiger partial charge in [-0.3, -0.25) is 9.47 Å². The van der Waals surface area contributed by atoms with Crippen molar-refractivity contribution >= 4 is 0 Å². The summed E-state index contributed by atoms with van der Waals surface area (Å²) < 4.78 is 3.27. The average Bonchev–Trinajstić information content (AvgIpc) is 3.08. The average molecular weight is 332 g/mol. The molecule has 1 saturated heterocycles. The van der Waals surface area contributed by atoms with Crippen LogP contribution in [0.1, 0.15) is 55.6 Å². The molecule has 0 aliphatic carbocycles. The van der Waals surface area contributed by atoms with E-state index in [1.54, 1.807) is 7.05 Å². The number of nitrogens with one attached hydrogen (secondary N) is 1. The molecule has 0 saturated carbocycles. The van der Waals surface area contributed by atoms with Gasteiger partial charge in [-0.15, -0.1) is 0 Å². The number of imidazole rings is 1. The summed E-state index contributed by atoms with van der Waals surface area (Å²) in [5.74, 6) is 2.31. The Morgan fingerprint density at radius 2 is 2.12 bits per heavy atom. The third-order valence-electron chi connectivity index (χ3n) is 4.97. The third kappa shape index (κ3) is 3.17. The highest BCUT2D eigenvalue weighted by molar-refractivity contribution is 5.13. The second-order valence-corrected chi connectivity index (χ2v) is 6.69. The molecule has 7 nitrogen and oxygen atoms in total. The minimum absolute atomic E-state index is 0.0136. The fourth-order valence-corrected chi connectivity index (χ4v) is 3.63. The second kappa shape index (κ2) is 6.93. The lowest BCUT2D eigenvalue weighted by Gasteiger charge is -2.31. The van der Waals surface area contributed by atoms with Crippen molar-refractivity contribution < 1.29 is 0 Å². The van der Waals surface area contributed by atoms with Crippen molar-refractivity contribution in [2.75, 3.05) is 13.1 Å². The molecular weight excluding hydrogens is 304 g/mol. The predicted octanol–water partition coefficient (Wildman–Crippen LogP) is 1.58. The van der Waals surface area contributed by atoms with Crippen LogP contribution < -0.4 is 5.69 Å². The lowest BCUT2D eigenvalue weighted by molar-refractivity contribution is 0.192. The maximum Gasteiger partial charge on any atom is 0.345 e. The van der Waals surface area contributed by atoms with Gasteiger partial charge in [-0.25, -0.2) is 14.5 Å². The molecule has 132 valence electrons. The van der Waals surface area contributed by atoms with Crippen molar-refractivity contribution in [3.8, 4) is 0 Å². The molecule has 0 amide bonds. The summed E-state index contributed by atoms with van der Waals surface area (Å²) in [6.45, 7) is 9.77. The minimum Gasteiger partial charge on any atom is -0.346 e. The van der Waals surface area contributed by atoms with Gasteiger partial charge in [0.1, 0.15) is 11.6 Å². The van der Waals surface area contributed by atoms with Gasteiger partial charge in [-0.1, -0.05) is 6.92 Å². The zero-order chi connectivity index (χ0) is 17.3. The van der Waals surface area contributed by atoms with Crippen LogP contribution in [0.25, 0.3) is 0 Å². The monoisotopic (exact) mass is 332 g/mol. The molecule has 2 aromatic heterocycles. The Morgan fingerprint density at radius 1 is 1.33 bits per heavy atom. The number of likely N-dealkylation sites (tertiary alicyclic amines) is 1. The van der Waals surface area contributed by atoms with Crippen LogP contribution in [-0.2, 0) is 26.6 Å². The van der Waals surface area contributed by atoms with Gasteiger partial charge in [0.2, 0.25) is 0 Å². The molecule has 0 unspecified atom stereocenters. The first kappa shape index (κ1) is 17.0. The van der Waals surface area contributed by atoms with Gasteiger partial charge < -0.3 is 4.98 Å². The first-order valence-corrected chi connectivity index (χ1v) is 8.93. The first-order valence-electron chi connectivity index (χ1n) is 8.93. The molecule has 1 N–H and O–H groups in total. The molecular formula is C17H28N6O. The molecule has 0 aromatic carbocycles. The molecule has 1 aliphatic rings. The van der Waals surface area contributed by atoms with Gasteiger partial charge in [0.25, 0.3) is 0 Å². The quantitative estimate of drug-likeness (QED) is 0.902. The maximum atomic E-state index is 12.2. The van der Waals surface area contributed by atoms with Crippen LogP contribution in [0.3, 0.4) is 0 Å². The molecule has 1 aliphatic heterocycles. The van der Waals surface area contributed by atoms with E-state index in [1.807, 2.05) is 11.5 Å². The summed E-state index contributed by atoms with van der Waals surface area (Å²) in [7, 11) is 1.73. The highest BCUT2D eigenvalue weighted by atomic mass is 16.2. The van der Waals surface area contributed by atoms with Crippen LogP contribution in [-0.4, -0.2) is 42.3 Å². The van der Waals surface area contributed by atoms with E-state index in [9.17, 15) is 4.79 Å². The zero-order valence-corrected chi connectivity index (χ0v) is 15.2. The fraction of sp³-hybridized carbons (Fsp3) is 0.706. The molecule has 0 radical (unpaired) electrons. The summed E-state index contributed by atoms with van der Waals surface area (Å²) in [4.78, 5) is 22.6. The molecule has 0 spiro atoms. The van der Waals surface area contributed by atoms with Crippen LogP contribution in [0.2, 0.25) is 0 Å². The van der Waals surface area contributed by atoms with E-state index in [2.05, 4.69) is 28.8 Å². The molecule has 1 atom stereocenters. The summed E-state index contributed by atoms with van der Waals surface area (Å²) >= 11 is 0. The Bertz CT molecular complexity index is 756. The number of nitrogens with zero attached hydrogens (tertiary/aromatic N) is 5. The van der Waals surface area contributed by atoms with Gasteiger partial charge >= 0.3 is 5.69 Å². The number of hydrogen-bond acceptors (Lipinski definition) is 4. The lowest BCUT2D eigenvalue weighted by Crippen LogP contribution is -2.35. The molecule has 0 bridgehead atoms. The number of piperidine rings is 1. The lowest BCUT2D eigenvalue weighted by atomic mass is 9.97. The number of aryl methyl sites for hydroxylation is 3. The number of aromatic amines is 1. The van der Waals surface area contributed by atoms with Crippen LogP contribution in [0, 0.1) is 6.92 Å². The van der Waals surface area contributed by atoms with Crippen LogP contribution in [0.5, 0.6) is 0 Å². The fourth-order valence-electron chi connectivity index (χ4n) is 3.63. The minimum atomic E-state index is -0.0136. The van der Waals surface area contributed by atoms with Gasteiger partial charge in [-0.05, 0) is 33.2 Å². The van der Waals surface area contributed by atoms with E-state index >= 15 is 0 Å². The smallest absolute Gasteiger partial charge is 0.345 e. The summed E-state index contributed by atoms with van der Waals surface area (Å²) in [5.41, 5.74) is 2.29. The van der Waals surface area contributed by atoms with E-state index in [4.69, 9.17) is 4.98 Å². The largest absolute Gasteiger partial charge is 0.346 e. The van der Waals surface area contributed by atoms with Crippen molar-refractivity contribution in [3.63, 3.8) is 0 Å². The van der Waals surface area contributed by atoms with Crippen molar-refractivity contribution in [1.29, 1.82) is 0 Å². The van der Waals surface area contributed by atoms with Gasteiger partial charge in [0.05, 0.1) is 5.69 Å². The summed E-state index contributed by atoms with van der Waals surface area (Å²) in [6.07, 6.45) is 3.15. The zero-order valence-electron chi connectivity index (χ0n) is 15.2. The van der Waals surface area contributed by atoms with Crippen LogP contribution in [0.15, 0.2) is 4.79 Å². The number of H-pyrrole nitrogens is 1. The van der Waals surface area contributed by atoms with E-state index in [0.717, 1.165) is 61.9 Å². The van der Waals surface area contributed by atoms with Crippen LogP contribution in [0.4, 0.5) is 0 Å². The first-order chi connectivity index (χ1) is 11.5. The van der Waals surface area contributed by atoms with Crippen molar-refractivity contribution in [3.05, 3.63) is 33.5 Å². The molecule has 3 heterocycles. The summed E-state index contributed by atoms with van der Waals surface area (Å²) in [5, 5.41) is 4.50. The number of aromatic nitrogens is 5.